The van der Waals surface area contributed by atoms with Gasteiger partial charge < -0.3 is 41.0 Å². The van der Waals surface area contributed by atoms with E-state index >= 15 is 0 Å². The minimum absolute atomic E-state index is 0.0286. The Morgan fingerprint density at radius 1 is 0.980 bits per heavy atom. The zero-order chi connectivity index (χ0) is 36.4. The lowest BCUT2D eigenvalue weighted by Gasteiger charge is -2.38. The third kappa shape index (κ3) is 10.4. The summed E-state index contributed by atoms with van der Waals surface area (Å²) in [6, 6.07) is 11.1. The number of aromatic nitrogens is 1. The number of piperidine rings is 1. The summed E-state index contributed by atoms with van der Waals surface area (Å²) in [5.41, 5.74) is 3.55. The zero-order valence-corrected chi connectivity index (χ0v) is 30.6. The Hall–Kier alpha value is -4.81. The molecule has 0 saturated carbocycles. The van der Waals surface area contributed by atoms with Crippen molar-refractivity contribution >= 4 is 29.6 Å². The fraction of sp³-hybridized carbons (Fsp3) is 0.553. The molecule has 1 unspecified atom stereocenters. The summed E-state index contributed by atoms with van der Waals surface area (Å²) in [6.45, 7) is 12.4. The van der Waals surface area contributed by atoms with Crippen molar-refractivity contribution in [2.45, 2.75) is 96.7 Å². The molecule has 1 saturated heterocycles. The Kier molecular flexibility index (Phi) is 12.8. The van der Waals surface area contributed by atoms with Crippen LogP contribution in [-0.2, 0) is 31.9 Å². The van der Waals surface area contributed by atoms with Gasteiger partial charge >= 0.3 is 18.0 Å². The predicted molar refractivity (Wildman–Crippen MR) is 197 cm³/mol. The first-order valence-corrected chi connectivity index (χ1v) is 18.3. The predicted octanol–water partition coefficient (Wildman–Crippen LogP) is 3.97. The third-order valence-electron chi connectivity index (χ3n) is 9.18. The molecule has 1 aromatic heterocycles. The van der Waals surface area contributed by atoms with Gasteiger partial charge in [-0.1, -0.05) is 43.3 Å². The summed E-state index contributed by atoms with van der Waals surface area (Å²) < 4.78 is 10.9. The fourth-order valence-electron chi connectivity index (χ4n) is 6.69. The molecule has 0 bridgehead atoms. The molecule has 0 spiro atoms. The van der Waals surface area contributed by atoms with Crippen LogP contribution in [0.2, 0.25) is 0 Å². The molecule has 3 aliphatic heterocycles. The van der Waals surface area contributed by atoms with E-state index in [2.05, 4.69) is 50.5 Å². The van der Waals surface area contributed by atoms with Gasteiger partial charge in [-0.25, -0.2) is 24.4 Å². The van der Waals surface area contributed by atoms with Crippen molar-refractivity contribution in [2.75, 3.05) is 44.8 Å². The first kappa shape index (κ1) is 37.4. The summed E-state index contributed by atoms with van der Waals surface area (Å²) in [4.78, 5) is 51.6. The number of pyridine rings is 1. The maximum atomic E-state index is 13.4. The smallest absolute Gasteiger partial charge is 0.331 e. The van der Waals surface area contributed by atoms with Crippen LogP contribution in [0.25, 0.3) is 0 Å². The van der Waals surface area contributed by atoms with Gasteiger partial charge in [-0.3, -0.25) is 0 Å². The average Bonchev–Trinajstić information content (AvgIpc) is 3.12. The summed E-state index contributed by atoms with van der Waals surface area (Å²) in [5, 5.41) is 15.7. The second kappa shape index (κ2) is 17.4. The molecule has 2 atom stereocenters. The molecule has 13 nitrogen and oxygen atoms in total. The molecule has 3 aliphatic rings. The number of amidine groups is 1. The molecule has 13 heteroatoms. The van der Waals surface area contributed by atoms with Gasteiger partial charge in [0, 0.05) is 49.8 Å². The minimum atomic E-state index is -1.07. The number of nitrogens with one attached hydrogen (secondary N) is 5. The van der Waals surface area contributed by atoms with Crippen LogP contribution in [0.4, 0.5) is 10.6 Å². The van der Waals surface area contributed by atoms with Gasteiger partial charge in [0.2, 0.25) is 0 Å². The molecular weight excluding hydrogens is 648 g/mol. The van der Waals surface area contributed by atoms with Crippen molar-refractivity contribution in [1.29, 1.82) is 0 Å². The largest absolute Gasteiger partial charge is 0.464 e. The number of urea groups is 1. The van der Waals surface area contributed by atoms with Crippen molar-refractivity contribution < 1.29 is 23.9 Å². The highest BCUT2D eigenvalue weighted by molar-refractivity contribution is 5.99. The number of benzene rings is 1. The minimum Gasteiger partial charge on any atom is -0.464 e. The highest BCUT2D eigenvalue weighted by Gasteiger charge is 2.31. The number of hydrogen-bond donors (Lipinski definition) is 5. The standard InChI is InChI=1S/C38H54N8O5/c1-6-28-33(41-24-42-34(28)46-20-17-26(18-21-46)29-16-15-27-14-11-19-39-32(27)43-29)40-23-31(36(48)51-38(3,4)5)45-37(49)44-30(35(47)50-7-2)22-25-12-9-8-10-13-25/h8-10,12-13,15-16,26,30-31,42H,6-7,11,14,17-24H2,1-5H3,(H,39,43)(H,40,41)(H2,44,45,49)/t30?,31-/m0/s1. The van der Waals surface area contributed by atoms with E-state index in [-0.39, 0.29) is 19.6 Å². The van der Waals surface area contributed by atoms with Crippen LogP contribution >= 0.6 is 0 Å². The summed E-state index contributed by atoms with van der Waals surface area (Å²) in [6.07, 6.45) is 5.15. The van der Waals surface area contributed by atoms with Crippen molar-refractivity contribution in [1.82, 2.24) is 31.2 Å². The summed E-state index contributed by atoms with van der Waals surface area (Å²) in [5.74, 6) is 1.98. The summed E-state index contributed by atoms with van der Waals surface area (Å²) >= 11 is 0. The number of likely N-dealkylation sites (tertiary alicyclic amines) is 1. The van der Waals surface area contributed by atoms with Crippen LogP contribution < -0.4 is 26.6 Å². The van der Waals surface area contributed by atoms with Gasteiger partial charge in [-0.2, -0.15) is 0 Å². The van der Waals surface area contributed by atoms with E-state index in [1.54, 1.807) is 27.7 Å². The van der Waals surface area contributed by atoms with Gasteiger partial charge in [0.15, 0.2) is 0 Å². The van der Waals surface area contributed by atoms with Crippen LogP contribution in [0, 0.1) is 0 Å². The van der Waals surface area contributed by atoms with Crippen molar-refractivity contribution in [2.24, 2.45) is 4.99 Å². The van der Waals surface area contributed by atoms with Gasteiger partial charge in [-0.05, 0) is 77.0 Å². The number of carbonyl (C=O) groups is 3. The molecule has 4 heterocycles. The van der Waals surface area contributed by atoms with Crippen molar-refractivity contribution in [3.63, 3.8) is 0 Å². The van der Waals surface area contributed by atoms with Crippen LogP contribution in [0.5, 0.6) is 0 Å². The maximum Gasteiger partial charge on any atom is 0.331 e. The van der Waals surface area contributed by atoms with E-state index in [1.165, 1.54) is 5.56 Å². The van der Waals surface area contributed by atoms with E-state index in [9.17, 15) is 14.4 Å². The van der Waals surface area contributed by atoms with E-state index in [4.69, 9.17) is 19.5 Å². The number of anilines is 1. The number of hydrogen-bond acceptors (Lipinski definition) is 11. The molecule has 5 N–H and O–H groups in total. The van der Waals surface area contributed by atoms with Gasteiger partial charge in [0.25, 0.3) is 0 Å². The first-order valence-electron chi connectivity index (χ1n) is 18.3. The molecule has 1 fully saturated rings. The average molecular weight is 703 g/mol. The highest BCUT2D eigenvalue weighted by atomic mass is 16.6. The van der Waals surface area contributed by atoms with Crippen LogP contribution in [-0.4, -0.2) is 90.8 Å². The lowest BCUT2D eigenvalue weighted by molar-refractivity contribution is -0.157. The summed E-state index contributed by atoms with van der Waals surface area (Å²) in [7, 11) is 0. The van der Waals surface area contributed by atoms with E-state index in [0.717, 1.165) is 73.8 Å². The second-order valence-corrected chi connectivity index (χ2v) is 14.1. The fourth-order valence-corrected chi connectivity index (χ4v) is 6.69. The molecule has 1 aromatic carbocycles. The molecule has 0 radical (unpaired) electrons. The molecule has 2 aromatic rings. The SMILES string of the molecule is CCOC(=O)C(Cc1ccccc1)NC(=O)N[C@@H](CNC1=NCNC(N2CCC(c3ccc4c(n3)NCCC4)CC2)=C1CC)C(=O)OC(C)(C)C. The lowest BCUT2D eigenvalue weighted by atomic mass is 9.92. The number of rotatable bonds is 12. The topological polar surface area (TPSA) is 158 Å². The highest BCUT2D eigenvalue weighted by Crippen LogP contribution is 2.32. The van der Waals surface area contributed by atoms with Gasteiger partial charge in [0.1, 0.15) is 41.8 Å². The van der Waals surface area contributed by atoms with Gasteiger partial charge in [0.05, 0.1) is 6.61 Å². The molecule has 2 amide bonds. The number of nitrogens with zero attached hydrogens (tertiary/aromatic N) is 3. The van der Waals surface area contributed by atoms with E-state index in [1.807, 2.05) is 30.3 Å². The molecule has 276 valence electrons. The first-order chi connectivity index (χ1) is 24.5. The molecular formula is C38H54N8O5. The quantitative estimate of drug-likeness (QED) is 0.205. The number of fused-ring (bicyclic) bond motifs is 1. The molecule has 5 rings (SSSR count). The number of aryl methyl sites for hydroxylation is 1. The Morgan fingerprint density at radius 2 is 1.73 bits per heavy atom. The number of carbonyl (C=O) groups excluding carboxylic acids is 3. The van der Waals surface area contributed by atoms with E-state index in [0.29, 0.717) is 24.8 Å². The number of aliphatic imine (C=N–C) groups is 1. The number of ether oxygens (including phenoxy) is 2. The maximum absolute atomic E-state index is 13.4. The van der Waals surface area contributed by atoms with E-state index < -0.39 is 35.7 Å². The Morgan fingerprint density at radius 3 is 2.43 bits per heavy atom. The third-order valence-corrected chi connectivity index (χ3v) is 9.18. The number of amides is 2. The Balaban J connectivity index is 1.24. The van der Waals surface area contributed by atoms with Crippen molar-refractivity contribution in [3.05, 3.63) is 70.7 Å². The normalized spacial score (nSPS) is 17.5. The Bertz CT molecular complexity index is 1580. The van der Waals surface area contributed by atoms with Crippen molar-refractivity contribution in [3.8, 4) is 0 Å². The van der Waals surface area contributed by atoms with Crippen LogP contribution in [0.15, 0.2) is 58.9 Å². The molecule has 51 heavy (non-hydrogen) atoms. The monoisotopic (exact) mass is 702 g/mol. The Labute approximate surface area is 301 Å². The lowest BCUT2D eigenvalue weighted by Crippen LogP contribution is -2.56. The second-order valence-electron chi connectivity index (χ2n) is 14.1. The van der Waals surface area contributed by atoms with Gasteiger partial charge in [-0.15, -0.1) is 0 Å². The molecule has 0 aliphatic carbocycles. The van der Waals surface area contributed by atoms with Crippen LogP contribution in [0.1, 0.15) is 83.0 Å². The van der Waals surface area contributed by atoms with Crippen LogP contribution in [0.3, 0.4) is 0 Å². The zero-order valence-electron chi connectivity index (χ0n) is 30.6. The number of esters is 2.